The summed E-state index contributed by atoms with van der Waals surface area (Å²) in [6.07, 6.45) is 9.65. The van der Waals surface area contributed by atoms with E-state index in [1.165, 1.54) is 0 Å². The van der Waals surface area contributed by atoms with Gasteiger partial charge in [-0.3, -0.25) is 9.89 Å². The molecule has 25 heavy (non-hydrogen) atoms. The fourth-order valence-corrected chi connectivity index (χ4v) is 3.99. The van der Waals surface area contributed by atoms with E-state index in [0.717, 1.165) is 50.8 Å². The number of nitrogens with one attached hydrogen (secondary N) is 1. The standard InChI is InChI=1S/C17H25N7O/c18-13-3-5-14(6-4-13)24-11-16(21-22-24)17(25)23-9-1-2-12(10-23)15-7-8-19-20-15/h7-8,11-14H,1-6,9-10,18H2,(H,19,20)/t12-,13?,14?/m1/s1. The van der Waals surface area contributed by atoms with Crippen molar-refractivity contribution in [1.29, 1.82) is 0 Å². The Balaban J connectivity index is 1.42. The van der Waals surface area contributed by atoms with Crippen molar-refractivity contribution in [1.82, 2.24) is 30.1 Å². The highest BCUT2D eigenvalue weighted by molar-refractivity contribution is 5.92. The van der Waals surface area contributed by atoms with Crippen LogP contribution in [0.2, 0.25) is 0 Å². The third-order valence-corrected chi connectivity index (χ3v) is 5.52. The summed E-state index contributed by atoms with van der Waals surface area (Å²) in [4.78, 5) is 14.7. The van der Waals surface area contributed by atoms with Gasteiger partial charge in [0.1, 0.15) is 0 Å². The minimum absolute atomic E-state index is 0.0250. The van der Waals surface area contributed by atoms with Gasteiger partial charge in [0, 0.05) is 36.9 Å². The lowest BCUT2D eigenvalue weighted by atomic mass is 9.92. The summed E-state index contributed by atoms with van der Waals surface area (Å²) in [6.45, 7) is 1.47. The Hall–Kier alpha value is -2.22. The first-order valence-corrected chi connectivity index (χ1v) is 9.16. The van der Waals surface area contributed by atoms with Crippen LogP contribution in [0, 0.1) is 0 Å². The zero-order chi connectivity index (χ0) is 17.2. The zero-order valence-corrected chi connectivity index (χ0v) is 14.3. The van der Waals surface area contributed by atoms with Crippen LogP contribution in [0.1, 0.15) is 66.7 Å². The van der Waals surface area contributed by atoms with Gasteiger partial charge in [-0.15, -0.1) is 5.10 Å². The molecular weight excluding hydrogens is 318 g/mol. The zero-order valence-electron chi connectivity index (χ0n) is 14.3. The predicted molar refractivity (Wildman–Crippen MR) is 92.0 cm³/mol. The fraction of sp³-hybridized carbons (Fsp3) is 0.647. The van der Waals surface area contributed by atoms with E-state index in [0.29, 0.717) is 30.2 Å². The van der Waals surface area contributed by atoms with Crippen LogP contribution in [0.3, 0.4) is 0 Å². The molecule has 2 aromatic heterocycles. The molecule has 134 valence electrons. The molecule has 8 nitrogen and oxygen atoms in total. The number of aromatic amines is 1. The monoisotopic (exact) mass is 343 g/mol. The molecule has 1 saturated carbocycles. The van der Waals surface area contributed by atoms with Gasteiger partial charge in [-0.05, 0) is 44.6 Å². The van der Waals surface area contributed by atoms with Crippen LogP contribution in [0.4, 0.5) is 0 Å². The number of likely N-dealkylation sites (tertiary alicyclic amines) is 1. The molecule has 3 N–H and O–H groups in total. The summed E-state index contributed by atoms with van der Waals surface area (Å²) in [5.74, 6) is 0.290. The van der Waals surface area contributed by atoms with Crippen molar-refractivity contribution in [3.05, 3.63) is 29.8 Å². The Kier molecular flexibility index (Phi) is 4.52. The second kappa shape index (κ2) is 6.95. The van der Waals surface area contributed by atoms with Crippen LogP contribution >= 0.6 is 0 Å². The molecule has 2 aliphatic rings. The van der Waals surface area contributed by atoms with E-state index >= 15 is 0 Å². The average molecular weight is 343 g/mol. The Bertz CT molecular complexity index is 702. The number of amides is 1. The third-order valence-electron chi connectivity index (χ3n) is 5.52. The lowest BCUT2D eigenvalue weighted by Gasteiger charge is -2.31. The molecule has 0 unspecified atom stereocenters. The van der Waals surface area contributed by atoms with Crippen molar-refractivity contribution >= 4 is 5.91 Å². The average Bonchev–Trinajstić information content (AvgIpc) is 3.34. The second-order valence-electron chi connectivity index (χ2n) is 7.25. The number of hydrogen-bond donors (Lipinski definition) is 2. The highest BCUT2D eigenvalue weighted by Gasteiger charge is 2.28. The number of rotatable bonds is 3. The van der Waals surface area contributed by atoms with Crippen molar-refractivity contribution in [3.8, 4) is 0 Å². The van der Waals surface area contributed by atoms with E-state index in [9.17, 15) is 4.79 Å². The fourth-order valence-electron chi connectivity index (χ4n) is 3.99. The third kappa shape index (κ3) is 3.44. The Morgan fingerprint density at radius 1 is 1.24 bits per heavy atom. The first-order chi connectivity index (χ1) is 12.2. The quantitative estimate of drug-likeness (QED) is 0.878. The van der Waals surface area contributed by atoms with Gasteiger partial charge in [-0.2, -0.15) is 5.10 Å². The maximum absolute atomic E-state index is 12.8. The van der Waals surface area contributed by atoms with Gasteiger partial charge < -0.3 is 10.6 Å². The van der Waals surface area contributed by atoms with Gasteiger partial charge in [-0.25, -0.2) is 4.68 Å². The minimum atomic E-state index is -0.0250. The maximum atomic E-state index is 12.8. The molecule has 2 aromatic rings. The molecule has 1 aliphatic carbocycles. The van der Waals surface area contributed by atoms with Crippen LogP contribution in [0.15, 0.2) is 18.5 Å². The lowest BCUT2D eigenvalue weighted by Crippen LogP contribution is -2.39. The van der Waals surface area contributed by atoms with Gasteiger partial charge >= 0.3 is 0 Å². The first-order valence-electron chi connectivity index (χ1n) is 9.16. The first kappa shape index (κ1) is 16.3. The van der Waals surface area contributed by atoms with Crippen molar-refractivity contribution in [2.75, 3.05) is 13.1 Å². The number of nitrogens with zero attached hydrogens (tertiary/aromatic N) is 5. The number of aromatic nitrogens is 5. The van der Waals surface area contributed by atoms with Gasteiger partial charge in [0.2, 0.25) is 0 Å². The Morgan fingerprint density at radius 2 is 2.08 bits per heavy atom. The van der Waals surface area contributed by atoms with Gasteiger partial charge in [-0.1, -0.05) is 5.21 Å². The second-order valence-corrected chi connectivity index (χ2v) is 7.25. The van der Waals surface area contributed by atoms with Crippen LogP contribution in [0.5, 0.6) is 0 Å². The van der Waals surface area contributed by atoms with E-state index in [1.54, 1.807) is 6.20 Å². The molecule has 3 heterocycles. The molecular formula is C17H25N7O. The number of hydrogen-bond acceptors (Lipinski definition) is 5. The minimum Gasteiger partial charge on any atom is -0.337 e. The highest BCUT2D eigenvalue weighted by atomic mass is 16.2. The summed E-state index contributed by atoms with van der Waals surface area (Å²) in [6, 6.07) is 2.60. The molecule has 0 spiro atoms. The van der Waals surface area contributed by atoms with E-state index in [-0.39, 0.29) is 5.91 Å². The number of piperidine rings is 1. The smallest absolute Gasteiger partial charge is 0.276 e. The van der Waals surface area contributed by atoms with Gasteiger partial charge in [0.05, 0.1) is 12.2 Å². The molecule has 1 atom stereocenters. The highest BCUT2D eigenvalue weighted by Crippen LogP contribution is 2.28. The molecule has 4 rings (SSSR count). The normalized spacial score (nSPS) is 27.4. The van der Waals surface area contributed by atoms with Crippen molar-refractivity contribution in [2.24, 2.45) is 5.73 Å². The molecule has 8 heteroatoms. The molecule has 0 aromatic carbocycles. The summed E-state index contributed by atoms with van der Waals surface area (Å²) in [5.41, 5.74) is 7.51. The van der Waals surface area contributed by atoms with Crippen molar-refractivity contribution in [2.45, 2.75) is 56.5 Å². The van der Waals surface area contributed by atoms with Crippen LogP contribution in [-0.4, -0.2) is 55.1 Å². The molecule has 0 radical (unpaired) electrons. The Labute approximate surface area is 146 Å². The molecule has 0 bridgehead atoms. The van der Waals surface area contributed by atoms with Crippen LogP contribution in [-0.2, 0) is 0 Å². The van der Waals surface area contributed by atoms with E-state index in [1.807, 2.05) is 21.8 Å². The largest absolute Gasteiger partial charge is 0.337 e. The van der Waals surface area contributed by atoms with Crippen LogP contribution in [0.25, 0.3) is 0 Å². The predicted octanol–water partition coefficient (Wildman–Crippen LogP) is 1.46. The topological polar surface area (TPSA) is 106 Å². The van der Waals surface area contributed by atoms with Crippen molar-refractivity contribution in [3.63, 3.8) is 0 Å². The molecule has 1 amide bonds. The van der Waals surface area contributed by atoms with E-state index in [4.69, 9.17) is 5.73 Å². The number of nitrogens with two attached hydrogens (primary N) is 1. The SMILES string of the molecule is NC1CCC(n2cc(C(=O)N3CCC[C@@H](c4ccn[nH]4)C3)nn2)CC1. The van der Waals surface area contributed by atoms with Gasteiger partial charge in [0.15, 0.2) is 5.69 Å². The number of carbonyl (C=O) groups is 1. The Morgan fingerprint density at radius 3 is 2.84 bits per heavy atom. The maximum Gasteiger partial charge on any atom is 0.276 e. The lowest BCUT2D eigenvalue weighted by molar-refractivity contribution is 0.0699. The summed E-state index contributed by atoms with van der Waals surface area (Å²) in [7, 11) is 0. The van der Waals surface area contributed by atoms with E-state index < -0.39 is 0 Å². The van der Waals surface area contributed by atoms with E-state index in [2.05, 4.69) is 20.5 Å². The number of H-pyrrole nitrogens is 1. The summed E-state index contributed by atoms with van der Waals surface area (Å²) in [5, 5.41) is 15.4. The summed E-state index contributed by atoms with van der Waals surface area (Å²) < 4.78 is 1.86. The summed E-state index contributed by atoms with van der Waals surface area (Å²) >= 11 is 0. The molecule has 2 fully saturated rings. The molecule has 1 aliphatic heterocycles. The van der Waals surface area contributed by atoms with Gasteiger partial charge in [0.25, 0.3) is 5.91 Å². The van der Waals surface area contributed by atoms with Crippen LogP contribution < -0.4 is 5.73 Å². The number of carbonyl (C=O) groups excluding carboxylic acids is 1. The van der Waals surface area contributed by atoms with Crippen molar-refractivity contribution < 1.29 is 4.79 Å². The molecule has 1 saturated heterocycles.